The Kier molecular flexibility index (Phi) is 6.82. The van der Waals surface area contributed by atoms with Crippen LogP contribution < -0.4 is 15.6 Å². The fraction of sp³-hybridized carbons (Fsp3) is 0.348. The highest BCUT2D eigenvalue weighted by Crippen LogP contribution is 2.20. The average Bonchev–Trinajstić information content (AvgIpc) is 2.74. The fourth-order valence-corrected chi connectivity index (χ4v) is 3.74. The molecule has 0 radical (unpaired) electrons. The maximum Gasteiger partial charge on any atom is 0.262 e. The van der Waals surface area contributed by atoms with E-state index in [1.54, 1.807) is 17.7 Å². The van der Waals surface area contributed by atoms with Gasteiger partial charge in [-0.1, -0.05) is 43.0 Å². The van der Waals surface area contributed by atoms with Gasteiger partial charge in [0.25, 0.3) is 5.56 Å². The number of thioether (sulfide) groups is 1. The van der Waals surface area contributed by atoms with Crippen molar-refractivity contribution < 1.29 is 9.53 Å². The number of ether oxygens (including phenoxy) is 1. The lowest BCUT2D eigenvalue weighted by atomic mass is 10.0. The van der Waals surface area contributed by atoms with Gasteiger partial charge in [-0.05, 0) is 50.1 Å². The molecule has 1 heterocycles. The standard InChI is InChI=1S/C23H27N3O3S/c1-5-23(2,3)25-20(27)15-30-22-24-19-9-7-6-8-18(19)21(28)26(22)14-16-10-12-17(29-4)13-11-16/h6-13H,5,14-15H2,1-4H3,(H,25,27). The number of aromatic nitrogens is 2. The lowest BCUT2D eigenvalue weighted by molar-refractivity contribution is -0.120. The zero-order valence-corrected chi connectivity index (χ0v) is 18.6. The number of rotatable bonds is 8. The summed E-state index contributed by atoms with van der Waals surface area (Å²) in [4.78, 5) is 30.3. The van der Waals surface area contributed by atoms with Crippen molar-refractivity contribution in [2.24, 2.45) is 0 Å². The molecule has 0 aliphatic carbocycles. The molecule has 3 aromatic rings. The molecule has 1 aromatic heterocycles. The van der Waals surface area contributed by atoms with Crippen LogP contribution in [0.15, 0.2) is 58.5 Å². The first-order valence-corrected chi connectivity index (χ1v) is 10.9. The van der Waals surface area contributed by atoms with Crippen LogP contribution in [-0.2, 0) is 11.3 Å². The summed E-state index contributed by atoms with van der Waals surface area (Å²) in [5.41, 5.74) is 1.20. The summed E-state index contributed by atoms with van der Waals surface area (Å²) < 4.78 is 6.84. The van der Waals surface area contributed by atoms with Crippen molar-refractivity contribution in [3.8, 4) is 5.75 Å². The summed E-state index contributed by atoms with van der Waals surface area (Å²) in [6, 6.07) is 14.9. The molecule has 0 atom stereocenters. The Morgan fingerprint density at radius 3 is 2.53 bits per heavy atom. The van der Waals surface area contributed by atoms with Gasteiger partial charge >= 0.3 is 0 Å². The Balaban J connectivity index is 1.92. The number of carbonyl (C=O) groups is 1. The van der Waals surface area contributed by atoms with Gasteiger partial charge in [-0.3, -0.25) is 14.2 Å². The number of hydrogen-bond donors (Lipinski definition) is 1. The summed E-state index contributed by atoms with van der Waals surface area (Å²) in [5.74, 6) is 0.870. The summed E-state index contributed by atoms with van der Waals surface area (Å²) >= 11 is 1.28. The molecular formula is C23H27N3O3S. The van der Waals surface area contributed by atoms with Gasteiger partial charge in [-0.15, -0.1) is 0 Å². The summed E-state index contributed by atoms with van der Waals surface area (Å²) in [6.07, 6.45) is 0.833. The van der Waals surface area contributed by atoms with Crippen LogP contribution in [-0.4, -0.2) is 33.9 Å². The molecule has 0 saturated heterocycles. The van der Waals surface area contributed by atoms with Crippen molar-refractivity contribution in [1.29, 1.82) is 0 Å². The van der Waals surface area contributed by atoms with Gasteiger partial charge in [0, 0.05) is 5.54 Å². The van der Waals surface area contributed by atoms with Gasteiger partial charge in [-0.25, -0.2) is 4.98 Å². The number of carbonyl (C=O) groups excluding carboxylic acids is 1. The van der Waals surface area contributed by atoms with Gasteiger partial charge < -0.3 is 10.1 Å². The number of benzene rings is 2. The summed E-state index contributed by atoms with van der Waals surface area (Å²) in [7, 11) is 1.62. The number of amides is 1. The number of fused-ring (bicyclic) bond motifs is 1. The molecule has 3 rings (SSSR count). The maximum atomic E-state index is 13.2. The number of hydrogen-bond acceptors (Lipinski definition) is 5. The number of para-hydroxylation sites is 1. The second-order valence-electron chi connectivity index (χ2n) is 7.73. The van der Waals surface area contributed by atoms with Crippen LogP contribution in [0, 0.1) is 0 Å². The summed E-state index contributed by atoms with van der Waals surface area (Å²) in [6.45, 7) is 6.38. The Labute approximate surface area is 180 Å². The lowest BCUT2D eigenvalue weighted by Crippen LogP contribution is -2.43. The molecule has 0 bridgehead atoms. The first kappa shape index (κ1) is 21.9. The van der Waals surface area contributed by atoms with E-state index < -0.39 is 0 Å². The van der Waals surface area contributed by atoms with Crippen LogP contribution in [0.4, 0.5) is 0 Å². The van der Waals surface area contributed by atoms with Gasteiger partial charge in [0.05, 0.1) is 30.3 Å². The first-order chi connectivity index (χ1) is 14.3. The van der Waals surface area contributed by atoms with E-state index in [0.29, 0.717) is 22.6 Å². The van der Waals surface area contributed by atoms with E-state index in [4.69, 9.17) is 4.74 Å². The van der Waals surface area contributed by atoms with Crippen LogP contribution in [0.3, 0.4) is 0 Å². The highest BCUT2D eigenvalue weighted by Gasteiger charge is 2.19. The Morgan fingerprint density at radius 2 is 1.87 bits per heavy atom. The van der Waals surface area contributed by atoms with E-state index in [0.717, 1.165) is 17.7 Å². The van der Waals surface area contributed by atoms with Gasteiger partial charge in [0.15, 0.2) is 5.16 Å². The van der Waals surface area contributed by atoms with E-state index in [1.807, 2.05) is 63.2 Å². The lowest BCUT2D eigenvalue weighted by Gasteiger charge is -2.24. The van der Waals surface area contributed by atoms with Crippen molar-refractivity contribution in [3.05, 3.63) is 64.4 Å². The molecule has 2 aromatic carbocycles. The third-order valence-corrected chi connectivity index (χ3v) is 6.00. The van der Waals surface area contributed by atoms with E-state index in [9.17, 15) is 9.59 Å². The SMILES string of the molecule is CCC(C)(C)NC(=O)CSc1nc2ccccc2c(=O)n1Cc1ccc(OC)cc1. The minimum Gasteiger partial charge on any atom is -0.497 e. The average molecular weight is 426 g/mol. The highest BCUT2D eigenvalue weighted by molar-refractivity contribution is 7.99. The molecule has 0 aliphatic heterocycles. The molecular weight excluding hydrogens is 398 g/mol. The topological polar surface area (TPSA) is 73.2 Å². The van der Waals surface area contributed by atoms with Gasteiger partial charge in [-0.2, -0.15) is 0 Å². The zero-order chi connectivity index (χ0) is 21.7. The van der Waals surface area contributed by atoms with Gasteiger partial charge in [0.2, 0.25) is 5.91 Å². The predicted molar refractivity (Wildman–Crippen MR) is 121 cm³/mol. The smallest absolute Gasteiger partial charge is 0.262 e. The number of methoxy groups -OCH3 is 1. The number of nitrogens with one attached hydrogen (secondary N) is 1. The zero-order valence-electron chi connectivity index (χ0n) is 17.8. The Morgan fingerprint density at radius 1 is 1.17 bits per heavy atom. The molecule has 30 heavy (non-hydrogen) atoms. The van der Waals surface area contributed by atoms with Crippen LogP contribution in [0.5, 0.6) is 5.75 Å². The third kappa shape index (κ3) is 5.21. The molecule has 0 saturated carbocycles. The molecule has 0 aliphatic rings. The fourth-order valence-electron chi connectivity index (χ4n) is 2.94. The van der Waals surface area contributed by atoms with Crippen molar-refractivity contribution >= 4 is 28.6 Å². The molecule has 0 spiro atoms. The van der Waals surface area contributed by atoms with Gasteiger partial charge in [0.1, 0.15) is 5.75 Å². The molecule has 1 amide bonds. The Bertz CT molecular complexity index is 1090. The second-order valence-corrected chi connectivity index (χ2v) is 8.67. The van der Waals surface area contributed by atoms with E-state index in [2.05, 4.69) is 10.3 Å². The molecule has 7 heteroatoms. The van der Waals surface area contributed by atoms with Crippen LogP contribution in [0.25, 0.3) is 10.9 Å². The maximum absolute atomic E-state index is 13.2. The van der Waals surface area contributed by atoms with Crippen LogP contribution in [0.1, 0.15) is 32.8 Å². The van der Waals surface area contributed by atoms with Crippen LogP contribution in [0.2, 0.25) is 0 Å². The monoisotopic (exact) mass is 425 g/mol. The quantitative estimate of drug-likeness (QED) is 0.438. The largest absolute Gasteiger partial charge is 0.497 e. The molecule has 6 nitrogen and oxygen atoms in total. The first-order valence-electron chi connectivity index (χ1n) is 9.89. The minimum absolute atomic E-state index is 0.0785. The van der Waals surface area contributed by atoms with E-state index in [1.165, 1.54) is 11.8 Å². The predicted octanol–water partition coefficient (Wildman–Crippen LogP) is 3.85. The molecule has 1 N–H and O–H groups in total. The summed E-state index contributed by atoms with van der Waals surface area (Å²) in [5, 5.41) is 4.11. The third-order valence-electron chi connectivity index (χ3n) is 5.02. The van der Waals surface area contributed by atoms with Crippen molar-refractivity contribution in [2.45, 2.75) is 44.4 Å². The molecule has 0 unspecified atom stereocenters. The highest BCUT2D eigenvalue weighted by atomic mass is 32.2. The molecule has 0 fully saturated rings. The van der Waals surface area contributed by atoms with Crippen molar-refractivity contribution in [3.63, 3.8) is 0 Å². The van der Waals surface area contributed by atoms with E-state index in [-0.39, 0.29) is 22.8 Å². The minimum atomic E-state index is -0.267. The van der Waals surface area contributed by atoms with E-state index >= 15 is 0 Å². The van der Waals surface area contributed by atoms with Crippen molar-refractivity contribution in [2.75, 3.05) is 12.9 Å². The van der Waals surface area contributed by atoms with Crippen LogP contribution >= 0.6 is 11.8 Å². The van der Waals surface area contributed by atoms with Crippen molar-refractivity contribution in [1.82, 2.24) is 14.9 Å². The Hall–Kier alpha value is -2.80. The second kappa shape index (κ2) is 9.34. The number of nitrogens with zero attached hydrogens (tertiary/aromatic N) is 2. The molecule has 158 valence electrons. The normalized spacial score (nSPS) is 11.5.